The van der Waals surface area contributed by atoms with Gasteiger partial charge < -0.3 is 10.8 Å². The zero-order chi connectivity index (χ0) is 6.57. The van der Waals surface area contributed by atoms with Gasteiger partial charge in [-0.2, -0.15) is 0 Å². The first-order chi connectivity index (χ1) is 3.68. The highest BCUT2D eigenvalue weighted by Gasteiger charge is 1.99. The van der Waals surface area contributed by atoms with Crippen LogP contribution in [0.1, 0.15) is 6.42 Å². The van der Waals surface area contributed by atoms with Crippen LogP contribution in [0.25, 0.3) is 0 Å². The van der Waals surface area contributed by atoms with Gasteiger partial charge in [-0.3, -0.25) is 0 Å². The number of aliphatic hydroxyl groups is 1. The van der Waals surface area contributed by atoms with Crippen LogP contribution in [0.5, 0.6) is 0 Å². The molecule has 0 fully saturated rings. The highest BCUT2D eigenvalue weighted by Crippen LogP contribution is 1.96. The predicted molar refractivity (Wildman–Crippen MR) is 34.1 cm³/mol. The summed E-state index contributed by atoms with van der Waals surface area (Å²) in [7, 11) is 0. The highest BCUT2D eigenvalue weighted by atomic mass is 16.3. The molecule has 2 nitrogen and oxygen atoms in total. The summed E-state index contributed by atoms with van der Waals surface area (Å²) in [6.45, 7) is 6.78. The van der Waals surface area contributed by atoms with Crippen LogP contribution in [0.3, 0.4) is 0 Å². The van der Waals surface area contributed by atoms with E-state index in [2.05, 4.69) is 13.2 Å². The van der Waals surface area contributed by atoms with Crippen LogP contribution in [0, 0.1) is 0 Å². The van der Waals surface area contributed by atoms with Gasteiger partial charge >= 0.3 is 0 Å². The Hall–Kier alpha value is -0.760. The number of hydrogen-bond acceptors (Lipinski definition) is 2. The Kier molecular flexibility index (Phi) is 2.96. The summed E-state index contributed by atoms with van der Waals surface area (Å²) in [5.41, 5.74) is 5.43. The first-order valence-corrected chi connectivity index (χ1v) is 2.41. The average Bonchev–Trinajstić information content (AvgIpc) is 1.67. The molecule has 0 saturated carbocycles. The first kappa shape index (κ1) is 7.24. The Morgan fingerprint density at radius 2 is 2.38 bits per heavy atom. The Balaban J connectivity index is 3.46. The molecule has 0 heterocycles. The van der Waals surface area contributed by atoms with Crippen LogP contribution in [0.4, 0.5) is 0 Å². The number of rotatable bonds is 3. The van der Waals surface area contributed by atoms with Crippen molar-refractivity contribution in [2.45, 2.75) is 12.5 Å². The van der Waals surface area contributed by atoms with Crippen LogP contribution in [0.15, 0.2) is 24.9 Å². The lowest BCUT2D eigenvalue weighted by Crippen LogP contribution is -2.14. The van der Waals surface area contributed by atoms with Gasteiger partial charge in [-0.1, -0.05) is 12.7 Å². The third kappa shape index (κ3) is 2.42. The van der Waals surface area contributed by atoms with Crippen LogP contribution < -0.4 is 5.73 Å². The van der Waals surface area contributed by atoms with Gasteiger partial charge in [-0.25, -0.2) is 0 Å². The number of hydrogen-bond donors (Lipinski definition) is 2. The molecule has 0 aromatic carbocycles. The third-order valence-electron chi connectivity index (χ3n) is 0.818. The number of nitrogens with two attached hydrogens (primary N) is 1. The molecule has 1 atom stereocenters. The summed E-state index contributed by atoms with van der Waals surface area (Å²) in [5, 5.41) is 8.83. The molecule has 0 bridgehead atoms. The maximum Gasteiger partial charge on any atom is 0.0960 e. The lowest BCUT2D eigenvalue weighted by atomic mass is 10.2. The van der Waals surface area contributed by atoms with E-state index >= 15 is 0 Å². The smallest absolute Gasteiger partial charge is 0.0960 e. The van der Waals surface area contributed by atoms with Crippen molar-refractivity contribution < 1.29 is 5.11 Å². The molecule has 1 unspecified atom stereocenters. The molecule has 0 aromatic rings. The summed E-state index contributed by atoms with van der Waals surface area (Å²) in [5.74, 6) is 0. The predicted octanol–water partition coefficient (Wildman–Crippen LogP) is 0.396. The van der Waals surface area contributed by atoms with Crippen molar-refractivity contribution in [1.29, 1.82) is 0 Å². The Bertz CT molecular complexity index is 98.7. The van der Waals surface area contributed by atoms with Crippen molar-refractivity contribution in [3.63, 3.8) is 0 Å². The topological polar surface area (TPSA) is 46.2 Å². The molecule has 0 spiro atoms. The van der Waals surface area contributed by atoms with Crippen LogP contribution in [-0.4, -0.2) is 11.2 Å². The molecule has 0 amide bonds. The van der Waals surface area contributed by atoms with Gasteiger partial charge in [0, 0.05) is 5.70 Å². The van der Waals surface area contributed by atoms with E-state index in [-0.39, 0.29) is 0 Å². The molecule has 0 rings (SSSR count). The lowest BCUT2D eigenvalue weighted by molar-refractivity contribution is 0.213. The van der Waals surface area contributed by atoms with Gasteiger partial charge in [0.2, 0.25) is 0 Å². The second-order valence-electron chi connectivity index (χ2n) is 1.62. The SMILES string of the molecule is C=CCC(O)C(=C)N. The van der Waals surface area contributed by atoms with Crippen molar-refractivity contribution >= 4 is 0 Å². The van der Waals surface area contributed by atoms with Crippen LogP contribution in [0.2, 0.25) is 0 Å². The fraction of sp³-hybridized carbons (Fsp3) is 0.333. The van der Waals surface area contributed by atoms with E-state index < -0.39 is 6.10 Å². The van der Waals surface area contributed by atoms with E-state index in [1.807, 2.05) is 0 Å². The molecule has 2 heteroatoms. The summed E-state index contributed by atoms with van der Waals surface area (Å²) in [6.07, 6.45) is 1.46. The molecule has 0 radical (unpaired) electrons. The van der Waals surface area contributed by atoms with Crippen molar-refractivity contribution in [1.82, 2.24) is 0 Å². The fourth-order valence-electron chi connectivity index (χ4n) is 0.309. The van der Waals surface area contributed by atoms with Crippen molar-refractivity contribution in [2.24, 2.45) is 5.73 Å². The molecular formula is C6H11NO. The largest absolute Gasteiger partial charge is 0.400 e. The van der Waals surface area contributed by atoms with E-state index in [9.17, 15) is 0 Å². The van der Waals surface area contributed by atoms with Crippen molar-refractivity contribution in [3.05, 3.63) is 24.9 Å². The second-order valence-corrected chi connectivity index (χ2v) is 1.62. The third-order valence-corrected chi connectivity index (χ3v) is 0.818. The lowest BCUT2D eigenvalue weighted by Gasteiger charge is -2.04. The van der Waals surface area contributed by atoms with Gasteiger partial charge in [0.1, 0.15) is 0 Å². The normalized spacial score (nSPS) is 12.6. The van der Waals surface area contributed by atoms with Gasteiger partial charge in [0.05, 0.1) is 6.10 Å². The minimum absolute atomic E-state index is 0.296. The highest BCUT2D eigenvalue weighted by molar-refractivity contribution is 4.97. The molecule has 46 valence electrons. The zero-order valence-electron chi connectivity index (χ0n) is 4.80. The van der Waals surface area contributed by atoms with Gasteiger partial charge in [-0.15, -0.1) is 6.58 Å². The standard InChI is InChI=1S/C6H11NO/c1-3-4-6(8)5(2)7/h3,6,8H,1-2,4,7H2. The summed E-state index contributed by atoms with van der Waals surface area (Å²) >= 11 is 0. The Morgan fingerprint density at radius 3 is 2.50 bits per heavy atom. The Morgan fingerprint density at radius 1 is 1.88 bits per heavy atom. The Labute approximate surface area is 49.3 Å². The van der Waals surface area contributed by atoms with Gasteiger partial charge in [0.15, 0.2) is 0 Å². The van der Waals surface area contributed by atoms with E-state index in [1.54, 1.807) is 6.08 Å². The van der Waals surface area contributed by atoms with E-state index in [1.165, 1.54) is 0 Å². The van der Waals surface area contributed by atoms with Crippen molar-refractivity contribution in [2.75, 3.05) is 0 Å². The van der Waals surface area contributed by atoms with Crippen LogP contribution >= 0.6 is 0 Å². The second kappa shape index (κ2) is 3.27. The molecule has 0 aliphatic heterocycles. The number of aliphatic hydroxyl groups excluding tert-OH is 1. The molecule has 3 N–H and O–H groups in total. The molecule has 8 heavy (non-hydrogen) atoms. The molecule has 0 saturated heterocycles. The first-order valence-electron chi connectivity index (χ1n) is 2.41. The van der Waals surface area contributed by atoms with E-state index in [4.69, 9.17) is 10.8 Å². The minimum Gasteiger partial charge on any atom is -0.400 e. The average molecular weight is 113 g/mol. The quantitative estimate of drug-likeness (QED) is 0.520. The maximum absolute atomic E-state index is 8.83. The molecule has 0 aliphatic carbocycles. The van der Waals surface area contributed by atoms with Gasteiger partial charge in [-0.05, 0) is 6.42 Å². The maximum atomic E-state index is 8.83. The fourth-order valence-corrected chi connectivity index (χ4v) is 0.309. The van der Waals surface area contributed by atoms with Crippen LogP contribution in [-0.2, 0) is 0 Å². The summed E-state index contributed by atoms with van der Waals surface area (Å²) in [6, 6.07) is 0. The van der Waals surface area contributed by atoms with E-state index in [0.29, 0.717) is 12.1 Å². The van der Waals surface area contributed by atoms with Gasteiger partial charge in [0.25, 0.3) is 0 Å². The molecule has 0 aromatic heterocycles. The molecular weight excluding hydrogens is 102 g/mol. The summed E-state index contributed by atoms with van der Waals surface area (Å²) in [4.78, 5) is 0. The summed E-state index contributed by atoms with van der Waals surface area (Å²) < 4.78 is 0. The van der Waals surface area contributed by atoms with E-state index in [0.717, 1.165) is 0 Å². The molecule has 0 aliphatic rings. The minimum atomic E-state index is -0.618. The zero-order valence-corrected chi connectivity index (χ0v) is 4.80. The van der Waals surface area contributed by atoms with Crippen molar-refractivity contribution in [3.8, 4) is 0 Å². The monoisotopic (exact) mass is 113 g/mol.